The first-order valence-corrected chi connectivity index (χ1v) is 10.8. The number of benzene rings is 2. The van der Waals surface area contributed by atoms with Gasteiger partial charge in [0.25, 0.3) is 5.91 Å². The average molecular weight is 396 g/mol. The van der Waals surface area contributed by atoms with Gasteiger partial charge in [0, 0.05) is 12.2 Å². The second kappa shape index (κ2) is 12.8. The highest BCUT2D eigenvalue weighted by Crippen LogP contribution is 2.19. The highest BCUT2D eigenvalue weighted by molar-refractivity contribution is 6.12. The van der Waals surface area contributed by atoms with E-state index in [9.17, 15) is 9.59 Å². The number of rotatable bonds is 12. The zero-order valence-corrected chi connectivity index (χ0v) is 17.7. The van der Waals surface area contributed by atoms with Gasteiger partial charge in [-0.3, -0.25) is 4.79 Å². The highest BCUT2D eigenvalue weighted by atomic mass is 16.5. The van der Waals surface area contributed by atoms with Gasteiger partial charge in [-0.25, -0.2) is 4.79 Å². The van der Waals surface area contributed by atoms with Gasteiger partial charge in [0.1, 0.15) is 0 Å². The number of para-hydroxylation sites is 1. The number of ether oxygens (including phenoxy) is 1. The quantitative estimate of drug-likeness (QED) is 0.315. The molecule has 0 aliphatic heterocycles. The summed E-state index contributed by atoms with van der Waals surface area (Å²) in [6.45, 7) is 5.05. The third-order valence-electron chi connectivity index (χ3n) is 4.99. The Labute approximate surface area is 174 Å². The maximum Gasteiger partial charge on any atom is 0.338 e. The Hall–Kier alpha value is -2.62. The third-order valence-corrected chi connectivity index (χ3v) is 4.99. The fraction of sp³-hybridized carbons (Fsp3) is 0.440. The number of carbonyl (C=O) groups excluding carboxylic acids is 2. The van der Waals surface area contributed by atoms with Gasteiger partial charge in [0.05, 0.1) is 17.7 Å². The van der Waals surface area contributed by atoms with Crippen molar-refractivity contribution in [3.63, 3.8) is 0 Å². The molecule has 0 aliphatic rings. The minimum atomic E-state index is -0.427. The smallest absolute Gasteiger partial charge is 0.338 e. The van der Waals surface area contributed by atoms with E-state index in [4.69, 9.17) is 4.74 Å². The minimum Gasteiger partial charge on any atom is -0.462 e. The molecule has 0 unspecified atom stereocenters. The number of anilines is 1. The first-order valence-electron chi connectivity index (χ1n) is 10.8. The fourth-order valence-electron chi connectivity index (χ4n) is 3.35. The average Bonchev–Trinajstić information content (AvgIpc) is 2.76. The molecule has 0 radical (unpaired) electrons. The Morgan fingerprint density at radius 3 is 2.00 bits per heavy atom. The van der Waals surface area contributed by atoms with Crippen LogP contribution in [0.25, 0.3) is 0 Å². The normalized spacial score (nSPS) is 10.6. The lowest BCUT2D eigenvalue weighted by Gasteiger charge is -2.22. The van der Waals surface area contributed by atoms with Gasteiger partial charge in [-0.2, -0.15) is 0 Å². The van der Waals surface area contributed by atoms with Crippen LogP contribution < -0.4 is 4.90 Å². The van der Waals surface area contributed by atoms with Crippen LogP contribution in [0.2, 0.25) is 0 Å². The van der Waals surface area contributed by atoms with Crippen LogP contribution in [0.15, 0.2) is 54.6 Å². The third kappa shape index (κ3) is 7.04. The van der Waals surface area contributed by atoms with Crippen molar-refractivity contribution in [2.24, 2.45) is 0 Å². The number of esters is 1. The molecule has 4 heteroatoms. The maximum atomic E-state index is 13.1. The van der Waals surface area contributed by atoms with E-state index >= 15 is 0 Å². The first kappa shape index (κ1) is 22.7. The standard InChI is InChI=1S/C25H33NO3/c1-3-5-6-7-8-9-15-20-29-25(28)23-19-14-13-18-22(23)24(27)26(4-2)21-16-11-10-12-17-21/h10-14,16-19H,3-9,15,20H2,1-2H3. The van der Waals surface area contributed by atoms with E-state index in [1.165, 1.54) is 32.1 Å². The number of hydrogen-bond acceptors (Lipinski definition) is 3. The van der Waals surface area contributed by atoms with Gasteiger partial charge in [0.2, 0.25) is 0 Å². The van der Waals surface area contributed by atoms with E-state index in [1.807, 2.05) is 37.3 Å². The summed E-state index contributed by atoms with van der Waals surface area (Å²) in [5.41, 5.74) is 1.52. The topological polar surface area (TPSA) is 46.6 Å². The zero-order valence-electron chi connectivity index (χ0n) is 17.7. The molecule has 0 saturated carbocycles. The van der Waals surface area contributed by atoms with E-state index in [1.54, 1.807) is 29.2 Å². The molecule has 1 amide bonds. The van der Waals surface area contributed by atoms with Crippen LogP contribution in [0.4, 0.5) is 5.69 Å². The number of carbonyl (C=O) groups is 2. The predicted molar refractivity (Wildman–Crippen MR) is 119 cm³/mol. The maximum absolute atomic E-state index is 13.1. The molecular formula is C25H33NO3. The van der Waals surface area contributed by atoms with Crippen molar-refractivity contribution in [1.29, 1.82) is 0 Å². The molecule has 2 aromatic carbocycles. The van der Waals surface area contributed by atoms with Gasteiger partial charge in [0.15, 0.2) is 0 Å². The van der Waals surface area contributed by atoms with Gasteiger partial charge < -0.3 is 9.64 Å². The molecule has 0 bridgehead atoms. The summed E-state index contributed by atoms with van der Waals surface area (Å²) in [5, 5.41) is 0. The molecular weight excluding hydrogens is 362 g/mol. The molecule has 29 heavy (non-hydrogen) atoms. The minimum absolute atomic E-state index is 0.192. The fourth-order valence-corrected chi connectivity index (χ4v) is 3.35. The number of nitrogens with zero attached hydrogens (tertiary/aromatic N) is 1. The van der Waals surface area contributed by atoms with Crippen LogP contribution in [-0.4, -0.2) is 25.0 Å². The van der Waals surface area contributed by atoms with E-state index in [2.05, 4.69) is 6.92 Å². The molecule has 0 saturated heterocycles. The Morgan fingerprint density at radius 2 is 1.34 bits per heavy atom. The summed E-state index contributed by atoms with van der Waals surface area (Å²) in [4.78, 5) is 27.4. The molecule has 0 spiro atoms. The molecule has 0 aromatic heterocycles. The first-order chi connectivity index (χ1) is 14.2. The SMILES string of the molecule is CCCCCCCCCOC(=O)c1ccccc1C(=O)N(CC)c1ccccc1. The van der Waals surface area contributed by atoms with Crippen LogP contribution in [0.5, 0.6) is 0 Å². The molecule has 0 atom stereocenters. The Kier molecular flexibility index (Phi) is 9.98. The zero-order chi connectivity index (χ0) is 20.9. The Morgan fingerprint density at radius 1 is 0.759 bits per heavy atom. The van der Waals surface area contributed by atoms with Gasteiger partial charge in [-0.15, -0.1) is 0 Å². The molecule has 156 valence electrons. The van der Waals surface area contributed by atoms with E-state index in [0.717, 1.165) is 18.5 Å². The molecule has 0 N–H and O–H groups in total. The summed E-state index contributed by atoms with van der Waals surface area (Å²) in [7, 11) is 0. The van der Waals surface area contributed by atoms with Crippen molar-refractivity contribution >= 4 is 17.6 Å². The second-order valence-electron chi connectivity index (χ2n) is 7.19. The monoisotopic (exact) mass is 395 g/mol. The summed E-state index contributed by atoms with van der Waals surface area (Å²) in [6.07, 6.45) is 8.16. The van der Waals surface area contributed by atoms with E-state index in [-0.39, 0.29) is 5.91 Å². The van der Waals surface area contributed by atoms with E-state index in [0.29, 0.717) is 24.3 Å². The number of hydrogen-bond donors (Lipinski definition) is 0. The van der Waals surface area contributed by atoms with Crippen molar-refractivity contribution in [2.45, 2.75) is 58.8 Å². The molecule has 0 fully saturated rings. The van der Waals surface area contributed by atoms with Crippen LogP contribution in [-0.2, 0) is 4.74 Å². The van der Waals surface area contributed by atoms with Crippen molar-refractivity contribution in [3.8, 4) is 0 Å². The largest absolute Gasteiger partial charge is 0.462 e. The number of amides is 1. The summed E-state index contributed by atoms with van der Waals surface area (Å²) in [6, 6.07) is 16.4. The van der Waals surface area contributed by atoms with Gasteiger partial charge in [-0.05, 0) is 37.6 Å². The van der Waals surface area contributed by atoms with Gasteiger partial charge >= 0.3 is 5.97 Å². The van der Waals surface area contributed by atoms with Crippen molar-refractivity contribution in [2.75, 3.05) is 18.1 Å². The lowest BCUT2D eigenvalue weighted by molar-refractivity contribution is 0.0494. The van der Waals surface area contributed by atoms with Crippen LogP contribution in [0, 0.1) is 0 Å². The van der Waals surface area contributed by atoms with Crippen LogP contribution >= 0.6 is 0 Å². The molecule has 0 heterocycles. The number of unbranched alkanes of at least 4 members (excludes halogenated alkanes) is 6. The van der Waals surface area contributed by atoms with Crippen LogP contribution in [0.1, 0.15) is 79.5 Å². The van der Waals surface area contributed by atoms with Crippen molar-refractivity contribution < 1.29 is 14.3 Å². The van der Waals surface area contributed by atoms with Crippen molar-refractivity contribution in [1.82, 2.24) is 0 Å². The molecule has 2 rings (SSSR count). The molecule has 2 aromatic rings. The van der Waals surface area contributed by atoms with Crippen LogP contribution in [0.3, 0.4) is 0 Å². The lowest BCUT2D eigenvalue weighted by Crippen LogP contribution is -2.32. The predicted octanol–water partition coefficient (Wildman–Crippen LogP) is 6.26. The Balaban J connectivity index is 1.95. The lowest BCUT2D eigenvalue weighted by atomic mass is 10.1. The second-order valence-corrected chi connectivity index (χ2v) is 7.19. The highest BCUT2D eigenvalue weighted by Gasteiger charge is 2.22. The summed E-state index contributed by atoms with van der Waals surface area (Å²) >= 11 is 0. The molecule has 0 aliphatic carbocycles. The summed E-state index contributed by atoms with van der Waals surface area (Å²) in [5.74, 6) is -0.619. The molecule has 4 nitrogen and oxygen atoms in total. The van der Waals surface area contributed by atoms with Gasteiger partial charge in [-0.1, -0.05) is 75.8 Å². The van der Waals surface area contributed by atoms with Crippen molar-refractivity contribution in [3.05, 3.63) is 65.7 Å². The summed E-state index contributed by atoms with van der Waals surface area (Å²) < 4.78 is 5.46. The van der Waals surface area contributed by atoms with E-state index < -0.39 is 5.97 Å². The Bertz CT molecular complexity index is 758.